The van der Waals surface area contributed by atoms with Crippen LogP contribution in [0.1, 0.15) is 25.8 Å². The first-order chi connectivity index (χ1) is 6.67. The standard InChI is InChI=1S/C8H15N3O2S/c1-3-11(4-2)5-6(12)7-9-10-8(14)13-7/h6,12H,3-5H2,1-2H3,(H,10,14). The molecule has 1 rings (SSSR count). The van der Waals surface area contributed by atoms with Gasteiger partial charge in [0.05, 0.1) is 0 Å². The summed E-state index contributed by atoms with van der Waals surface area (Å²) >= 11 is 4.71. The van der Waals surface area contributed by atoms with Gasteiger partial charge in [0.15, 0.2) is 0 Å². The largest absolute Gasteiger partial charge is 0.411 e. The van der Waals surface area contributed by atoms with Crippen molar-refractivity contribution in [2.45, 2.75) is 20.0 Å². The molecule has 0 aliphatic heterocycles. The number of nitrogens with one attached hydrogen (secondary N) is 1. The molecular formula is C8H15N3O2S. The summed E-state index contributed by atoms with van der Waals surface area (Å²) in [4.78, 5) is 2.27. The summed E-state index contributed by atoms with van der Waals surface area (Å²) in [5.41, 5.74) is 0. The minimum atomic E-state index is -0.720. The highest BCUT2D eigenvalue weighted by molar-refractivity contribution is 7.71. The van der Waals surface area contributed by atoms with Gasteiger partial charge < -0.3 is 14.4 Å². The number of H-pyrrole nitrogens is 1. The quantitative estimate of drug-likeness (QED) is 0.723. The van der Waals surface area contributed by atoms with Crippen LogP contribution in [0.2, 0.25) is 0 Å². The Morgan fingerprint density at radius 2 is 2.21 bits per heavy atom. The average molecular weight is 217 g/mol. The molecule has 1 aromatic rings. The Kier molecular flexibility index (Phi) is 4.24. The highest BCUT2D eigenvalue weighted by Gasteiger charge is 2.15. The molecule has 0 aromatic carbocycles. The maximum absolute atomic E-state index is 9.70. The van der Waals surface area contributed by atoms with Crippen molar-refractivity contribution in [1.29, 1.82) is 0 Å². The van der Waals surface area contributed by atoms with Gasteiger partial charge in [0.2, 0.25) is 5.89 Å². The molecule has 0 aliphatic rings. The van der Waals surface area contributed by atoms with E-state index in [1.54, 1.807) is 0 Å². The molecule has 0 saturated carbocycles. The molecule has 0 spiro atoms. The minimum Gasteiger partial charge on any atom is -0.411 e. The fraction of sp³-hybridized carbons (Fsp3) is 0.750. The van der Waals surface area contributed by atoms with E-state index in [1.807, 2.05) is 13.8 Å². The van der Waals surface area contributed by atoms with Gasteiger partial charge in [-0.3, -0.25) is 0 Å². The number of hydrogen-bond acceptors (Lipinski definition) is 5. The van der Waals surface area contributed by atoms with Crippen LogP contribution in [0.25, 0.3) is 0 Å². The Morgan fingerprint density at radius 1 is 1.57 bits per heavy atom. The fourth-order valence-corrected chi connectivity index (χ4v) is 1.32. The van der Waals surface area contributed by atoms with Gasteiger partial charge in [0, 0.05) is 6.54 Å². The molecule has 0 bridgehead atoms. The molecule has 1 heterocycles. The second kappa shape index (κ2) is 5.23. The first-order valence-corrected chi connectivity index (χ1v) is 5.04. The van der Waals surface area contributed by atoms with Crippen LogP contribution in [0.3, 0.4) is 0 Å². The van der Waals surface area contributed by atoms with Gasteiger partial charge in [-0.05, 0) is 25.3 Å². The first-order valence-electron chi connectivity index (χ1n) is 4.63. The number of likely N-dealkylation sites (N-methyl/N-ethyl adjacent to an activating group) is 1. The highest BCUT2D eigenvalue weighted by Crippen LogP contribution is 2.10. The zero-order valence-corrected chi connectivity index (χ0v) is 9.17. The lowest BCUT2D eigenvalue weighted by molar-refractivity contribution is 0.0941. The molecular weight excluding hydrogens is 202 g/mol. The lowest BCUT2D eigenvalue weighted by Crippen LogP contribution is -2.28. The molecule has 80 valence electrons. The number of hydrogen-bond donors (Lipinski definition) is 2. The van der Waals surface area contributed by atoms with Gasteiger partial charge in [-0.2, -0.15) is 0 Å². The third-order valence-electron chi connectivity index (χ3n) is 2.07. The molecule has 6 heteroatoms. The smallest absolute Gasteiger partial charge is 0.284 e. The Morgan fingerprint density at radius 3 is 2.64 bits per heavy atom. The summed E-state index contributed by atoms with van der Waals surface area (Å²) in [6.07, 6.45) is -0.720. The second-order valence-corrected chi connectivity index (χ2v) is 3.32. The van der Waals surface area contributed by atoms with E-state index < -0.39 is 6.10 Å². The predicted octanol–water partition coefficient (Wildman–Crippen LogP) is 1.11. The van der Waals surface area contributed by atoms with Crippen LogP contribution in [-0.4, -0.2) is 39.8 Å². The van der Waals surface area contributed by atoms with Crippen LogP contribution in [0.4, 0.5) is 0 Å². The number of aliphatic hydroxyl groups excluding tert-OH is 1. The topological polar surface area (TPSA) is 65.3 Å². The summed E-state index contributed by atoms with van der Waals surface area (Å²) < 4.78 is 5.01. The van der Waals surface area contributed by atoms with Crippen molar-refractivity contribution in [3.05, 3.63) is 10.7 Å². The zero-order valence-electron chi connectivity index (χ0n) is 8.36. The number of aromatic nitrogens is 2. The van der Waals surface area contributed by atoms with Crippen LogP contribution >= 0.6 is 12.2 Å². The molecule has 0 amide bonds. The third-order valence-corrected chi connectivity index (χ3v) is 2.24. The monoisotopic (exact) mass is 217 g/mol. The Hall–Kier alpha value is -0.720. The van der Waals surface area contributed by atoms with Gasteiger partial charge >= 0.3 is 0 Å². The maximum atomic E-state index is 9.70. The Bertz CT molecular complexity index is 318. The van der Waals surface area contributed by atoms with Crippen molar-refractivity contribution in [2.24, 2.45) is 0 Å². The maximum Gasteiger partial charge on any atom is 0.284 e. The molecule has 0 aliphatic carbocycles. The molecule has 2 N–H and O–H groups in total. The van der Waals surface area contributed by atoms with Crippen molar-refractivity contribution >= 4 is 12.2 Å². The molecule has 1 aromatic heterocycles. The van der Waals surface area contributed by atoms with Crippen molar-refractivity contribution < 1.29 is 9.52 Å². The summed E-state index contributed by atoms with van der Waals surface area (Å²) in [5, 5.41) is 15.9. The van der Waals surface area contributed by atoms with E-state index in [2.05, 4.69) is 15.1 Å². The normalized spacial score (nSPS) is 13.4. The summed E-state index contributed by atoms with van der Waals surface area (Å²) in [6.45, 7) is 6.36. The number of aliphatic hydroxyl groups is 1. The van der Waals surface area contributed by atoms with Gasteiger partial charge in [-0.1, -0.05) is 13.8 Å². The van der Waals surface area contributed by atoms with E-state index in [0.717, 1.165) is 13.1 Å². The molecule has 1 atom stereocenters. The van der Waals surface area contributed by atoms with Gasteiger partial charge in [-0.25, -0.2) is 5.10 Å². The fourth-order valence-electron chi connectivity index (χ4n) is 1.19. The van der Waals surface area contributed by atoms with E-state index in [-0.39, 0.29) is 10.7 Å². The summed E-state index contributed by atoms with van der Waals surface area (Å²) in [5.74, 6) is 0.252. The van der Waals surface area contributed by atoms with Gasteiger partial charge in [0.1, 0.15) is 6.10 Å². The van der Waals surface area contributed by atoms with Crippen LogP contribution in [-0.2, 0) is 0 Å². The molecule has 0 fully saturated rings. The number of nitrogens with zero attached hydrogens (tertiary/aromatic N) is 2. The molecule has 14 heavy (non-hydrogen) atoms. The summed E-state index contributed by atoms with van der Waals surface area (Å²) in [6, 6.07) is 0. The lowest BCUT2D eigenvalue weighted by Gasteiger charge is -2.19. The van der Waals surface area contributed by atoms with Crippen LogP contribution in [0.5, 0.6) is 0 Å². The van der Waals surface area contributed by atoms with Crippen LogP contribution in [0, 0.1) is 4.84 Å². The molecule has 0 saturated heterocycles. The van der Waals surface area contributed by atoms with E-state index in [4.69, 9.17) is 16.6 Å². The Balaban J connectivity index is 2.57. The average Bonchev–Trinajstić information content (AvgIpc) is 2.61. The lowest BCUT2D eigenvalue weighted by atomic mass is 10.3. The van der Waals surface area contributed by atoms with Crippen LogP contribution in [0.15, 0.2) is 4.42 Å². The highest BCUT2D eigenvalue weighted by atomic mass is 32.1. The van der Waals surface area contributed by atoms with E-state index >= 15 is 0 Å². The van der Waals surface area contributed by atoms with E-state index in [1.165, 1.54) is 0 Å². The first kappa shape index (κ1) is 11.4. The van der Waals surface area contributed by atoms with Crippen molar-refractivity contribution in [1.82, 2.24) is 15.1 Å². The summed E-state index contributed by atoms with van der Waals surface area (Å²) in [7, 11) is 0. The SMILES string of the molecule is CCN(CC)CC(O)c1n[nH]c(=S)o1. The molecule has 0 radical (unpaired) electrons. The van der Waals surface area contributed by atoms with Crippen molar-refractivity contribution in [2.75, 3.05) is 19.6 Å². The van der Waals surface area contributed by atoms with Crippen molar-refractivity contribution in [3.63, 3.8) is 0 Å². The molecule has 5 nitrogen and oxygen atoms in total. The van der Waals surface area contributed by atoms with E-state index in [9.17, 15) is 5.11 Å². The Labute approximate surface area is 87.7 Å². The minimum absolute atomic E-state index is 0.193. The number of rotatable bonds is 5. The molecule has 1 unspecified atom stereocenters. The third kappa shape index (κ3) is 2.90. The van der Waals surface area contributed by atoms with Gasteiger partial charge in [0.25, 0.3) is 4.84 Å². The van der Waals surface area contributed by atoms with Crippen LogP contribution < -0.4 is 0 Å². The van der Waals surface area contributed by atoms with Gasteiger partial charge in [-0.15, -0.1) is 5.10 Å². The van der Waals surface area contributed by atoms with E-state index in [0.29, 0.717) is 6.54 Å². The van der Waals surface area contributed by atoms with Crippen molar-refractivity contribution in [3.8, 4) is 0 Å². The second-order valence-electron chi connectivity index (χ2n) is 2.95. The zero-order chi connectivity index (χ0) is 10.6. The number of aromatic amines is 1. The predicted molar refractivity (Wildman–Crippen MR) is 54.4 cm³/mol.